The number of amides is 1. The second kappa shape index (κ2) is 9.07. The average molecular weight is 514 g/mol. The number of piperazine rings is 1. The molecule has 180 valence electrons. The number of halogens is 2. The van der Waals surface area contributed by atoms with Gasteiger partial charge in [0.15, 0.2) is 0 Å². The van der Waals surface area contributed by atoms with Crippen molar-refractivity contribution in [3.8, 4) is 0 Å². The van der Waals surface area contributed by atoms with E-state index in [1.807, 2.05) is 12.1 Å². The average Bonchev–Trinajstić information content (AvgIpc) is 2.79. The second-order valence-corrected chi connectivity index (χ2v) is 13.7. The van der Waals surface area contributed by atoms with Crippen molar-refractivity contribution >= 4 is 49.8 Å². The Kier molecular flexibility index (Phi) is 6.68. The van der Waals surface area contributed by atoms with Gasteiger partial charge in [0.25, 0.3) is 5.91 Å². The Bertz CT molecular complexity index is 1110. The van der Waals surface area contributed by atoms with Gasteiger partial charge in [-0.1, -0.05) is 23.2 Å². The van der Waals surface area contributed by atoms with Crippen LogP contribution >= 0.6 is 23.2 Å². The van der Waals surface area contributed by atoms with Crippen molar-refractivity contribution in [1.29, 1.82) is 0 Å². The first-order chi connectivity index (χ1) is 15.5. The number of hydrogen-bond acceptors (Lipinski definition) is 5. The second-order valence-electron chi connectivity index (χ2n) is 8.92. The number of hydrogen-bond donors (Lipinski definition) is 1. The van der Waals surface area contributed by atoms with E-state index >= 15 is 0 Å². The molecule has 0 unspecified atom stereocenters. The molecule has 0 saturated carbocycles. The Labute approximate surface area is 204 Å². The standard InChI is InChI=1S/C23H29Cl2N3O4S/c1-33(2,30,31)18-4-6-22(27-11-13-32-14-12-27)19(16-18)23(29)28-9-7-26(8-10-28)17-3-5-20(24)21(25)15-17/h3-6,15-16H,7-14H2,1-2H3,(H,30,31). The Morgan fingerprint density at radius 3 is 2.18 bits per heavy atom. The van der Waals surface area contributed by atoms with E-state index in [2.05, 4.69) is 9.80 Å². The van der Waals surface area contributed by atoms with E-state index in [0.29, 0.717) is 68.1 Å². The van der Waals surface area contributed by atoms with Crippen molar-refractivity contribution in [3.05, 3.63) is 52.0 Å². The van der Waals surface area contributed by atoms with Gasteiger partial charge in [0.1, 0.15) is 0 Å². The van der Waals surface area contributed by atoms with Crippen molar-refractivity contribution in [1.82, 2.24) is 4.90 Å². The number of carbonyl (C=O) groups is 1. The topological polar surface area (TPSA) is 73.3 Å². The lowest BCUT2D eigenvalue weighted by Gasteiger charge is -2.38. The monoisotopic (exact) mass is 513 g/mol. The van der Waals surface area contributed by atoms with Gasteiger partial charge in [-0.3, -0.25) is 9.35 Å². The van der Waals surface area contributed by atoms with Gasteiger partial charge < -0.3 is 19.4 Å². The van der Waals surface area contributed by atoms with Crippen LogP contribution in [0, 0.1) is 0 Å². The lowest BCUT2D eigenvalue weighted by atomic mass is 10.1. The highest BCUT2D eigenvalue weighted by molar-refractivity contribution is 8.14. The normalized spacial score (nSPS) is 18.7. The summed E-state index contributed by atoms with van der Waals surface area (Å²) in [5, 5.41) is 1.01. The summed E-state index contributed by atoms with van der Waals surface area (Å²) in [4.78, 5) is 20.0. The minimum Gasteiger partial charge on any atom is -0.378 e. The van der Waals surface area contributed by atoms with E-state index < -0.39 is 9.35 Å². The van der Waals surface area contributed by atoms with Crippen LogP contribution in [0.25, 0.3) is 0 Å². The SMILES string of the molecule is CS(C)(=O)(O)c1ccc(N2CCOCC2)c(C(=O)N2CCN(c3ccc(Cl)c(Cl)c3)CC2)c1. The molecule has 10 heteroatoms. The van der Waals surface area contributed by atoms with Crippen LogP contribution in [0.5, 0.6) is 0 Å². The molecule has 33 heavy (non-hydrogen) atoms. The maximum Gasteiger partial charge on any atom is 0.256 e. The molecular weight excluding hydrogens is 485 g/mol. The van der Waals surface area contributed by atoms with Crippen LogP contribution in [0.15, 0.2) is 41.3 Å². The third-order valence-electron chi connectivity index (χ3n) is 6.06. The summed E-state index contributed by atoms with van der Waals surface area (Å²) in [5.41, 5.74) is 2.19. The van der Waals surface area contributed by atoms with E-state index in [9.17, 15) is 13.6 Å². The summed E-state index contributed by atoms with van der Waals surface area (Å²) in [7, 11) is -4.00. The van der Waals surface area contributed by atoms with Gasteiger partial charge in [0.05, 0.1) is 33.7 Å². The molecule has 0 atom stereocenters. The molecule has 2 fully saturated rings. The number of ether oxygens (including phenoxy) is 1. The molecular formula is C23H29Cl2N3O4S. The summed E-state index contributed by atoms with van der Waals surface area (Å²) in [6.45, 7) is 4.86. The summed E-state index contributed by atoms with van der Waals surface area (Å²) in [5.74, 6) is -0.135. The van der Waals surface area contributed by atoms with Crippen LogP contribution in [-0.4, -0.2) is 84.6 Å². The fourth-order valence-corrected chi connectivity index (χ4v) is 5.35. The molecule has 0 radical (unpaired) electrons. The predicted molar refractivity (Wildman–Crippen MR) is 135 cm³/mol. The third-order valence-corrected chi connectivity index (χ3v) is 8.40. The lowest BCUT2D eigenvalue weighted by molar-refractivity contribution is 0.0746. The highest BCUT2D eigenvalue weighted by Gasteiger charge is 2.29. The molecule has 2 aliphatic heterocycles. The predicted octanol–water partition coefficient (Wildman–Crippen LogP) is 3.70. The highest BCUT2D eigenvalue weighted by atomic mass is 35.5. The number of anilines is 2. The van der Waals surface area contributed by atoms with Crippen LogP contribution in [-0.2, 0) is 14.1 Å². The zero-order valence-corrected chi connectivity index (χ0v) is 21.1. The smallest absolute Gasteiger partial charge is 0.256 e. The molecule has 2 saturated heterocycles. The van der Waals surface area contributed by atoms with Crippen molar-refractivity contribution in [2.45, 2.75) is 4.90 Å². The van der Waals surface area contributed by atoms with Crippen LogP contribution in [0.4, 0.5) is 11.4 Å². The molecule has 1 amide bonds. The molecule has 0 aliphatic carbocycles. The van der Waals surface area contributed by atoms with Crippen LogP contribution < -0.4 is 9.80 Å². The molecule has 0 spiro atoms. The van der Waals surface area contributed by atoms with Gasteiger partial charge in [-0.25, -0.2) is 4.21 Å². The zero-order chi connectivity index (χ0) is 23.8. The number of carbonyl (C=O) groups excluding carboxylic acids is 1. The summed E-state index contributed by atoms with van der Waals surface area (Å²) < 4.78 is 28.8. The quantitative estimate of drug-likeness (QED) is 0.671. The summed E-state index contributed by atoms with van der Waals surface area (Å²) in [6, 6.07) is 10.6. The van der Waals surface area contributed by atoms with Crippen LogP contribution in [0.1, 0.15) is 10.4 Å². The van der Waals surface area contributed by atoms with E-state index in [1.54, 1.807) is 29.2 Å². The first kappa shape index (κ1) is 24.3. The number of nitrogens with zero attached hydrogens (tertiary/aromatic N) is 3. The molecule has 7 nitrogen and oxygen atoms in total. The van der Waals surface area contributed by atoms with Gasteiger partial charge in [-0.05, 0) is 36.4 Å². The zero-order valence-electron chi connectivity index (χ0n) is 18.8. The molecule has 2 heterocycles. The Hall–Kier alpha value is -1.84. The van der Waals surface area contributed by atoms with Gasteiger partial charge in [-0.2, -0.15) is 9.35 Å². The van der Waals surface area contributed by atoms with E-state index in [1.165, 1.54) is 12.5 Å². The van der Waals surface area contributed by atoms with Crippen LogP contribution in [0.3, 0.4) is 0 Å². The fourth-order valence-electron chi connectivity index (χ4n) is 4.15. The molecule has 0 bridgehead atoms. The first-order valence-corrected chi connectivity index (χ1v) is 14.3. The third kappa shape index (κ3) is 5.46. The van der Waals surface area contributed by atoms with Crippen molar-refractivity contribution in [3.63, 3.8) is 0 Å². The number of morpholine rings is 1. The van der Waals surface area contributed by atoms with Crippen LogP contribution in [0.2, 0.25) is 10.0 Å². The summed E-state index contributed by atoms with van der Waals surface area (Å²) in [6.07, 6.45) is 2.62. The van der Waals surface area contributed by atoms with Gasteiger partial charge in [-0.15, -0.1) is 0 Å². The minimum absolute atomic E-state index is 0.135. The Morgan fingerprint density at radius 2 is 1.58 bits per heavy atom. The maximum atomic E-state index is 13.6. The maximum absolute atomic E-state index is 13.6. The summed E-state index contributed by atoms with van der Waals surface area (Å²) >= 11 is 12.2. The Balaban J connectivity index is 1.58. The Morgan fingerprint density at radius 1 is 0.909 bits per heavy atom. The number of rotatable bonds is 4. The van der Waals surface area contributed by atoms with E-state index in [0.717, 1.165) is 11.4 Å². The molecule has 2 aliphatic rings. The molecule has 4 rings (SSSR count). The van der Waals surface area contributed by atoms with Crippen molar-refractivity contribution in [2.75, 3.05) is 74.8 Å². The first-order valence-electron chi connectivity index (χ1n) is 10.8. The van der Waals surface area contributed by atoms with Crippen molar-refractivity contribution in [2.24, 2.45) is 0 Å². The van der Waals surface area contributed by atoms with Gasteiger partial charge >= 0.3 is 0 Å². The largest absolute Gasteiger partial charge is 0.378 e. The molecule has 1 N–H and O–H groups in total. The fraction of sp³-hybridized carbons (Fsp3) is 0.435. The van der Waals surface area contributed by atoms with E-state index in [4.69, 9.17) is 27.9 Å². The lowest BCUT2D eigenvalue weighted by Crippen LogP contribution is -2.49. The van der Waals surface area contributed by atoms with Crippen molar-refractivity contribution < 1.29 is 18.3 Å². The molecule has 0 aromatic heterocycles. The number of benzene rings is 2. The molecule has 2 aromatic carbocycles. The van der Waals surface area contributed by atoms with Gasteiger partial charge in [0.2, 0.25) is 0 Å². The van der Waals surface area contributed by atoms with E-state index in [-0.39, 0.29) is 10.8 Å². The minimum atomic E-state index is -4.00. The molecule has 2 aromatic rings. The highest BCUT2D eigenvalue weighted by Crippen LogP contribution is 2.33. The van der Waals surface area contributed by atoms with Gasteiger partial charge in [0, 0.05) is 63.2 Å².